The largest absolute Gasteiger partial charge is 0.465 e. The highest BCUT2D eigenvalue weighted by Crippen LogP contribution is 2.27. The number of hydrogen-bond donors (Lipinski definition) is 1. The number of carbonyl (C=O) groups is 1. The first-order valence-corrected chi connectivity index (χ1v) is 7.35. The average molecular weight is 305 g/mol. The van der Waals surface area contributed by atoms with Crippen molar-refractivity contribution >= 4 is 23.4 Å². The number of carbonyl (C=O) groups excluding carboxylic acids is 1. The lowest BCUT2D eigenvalue weighted by Gasteiger charge is -2.08. The Bertz CT molecular complexity index is 673. The molecule has 0 unspecified atom stereocenters. The van der Waals surface area contributed by atoms with E-state index in [-0.39, 0.29) is 5.56 Å². The monoisotopic (exact) mass is 305 g/mol. The van der Waals surface area contributed by atoms with E-state index < -0.39 is 11.8 Å². The van der Waals surface area contributed by atoms with Crippen LogP contribution in [0.2, 0.25) is 0 Å². The summed E-state index contributed by atoms with van der Waals surface area (Å²) in [6.45, 7) is 1.99. The molecule has 0 fully saturated rings. The minimum Gasteiger partial charge on any atom is -0.465 e. The summed E-state index contributed by atoms with van der Waals surface area (Å²) in [5.41, 5.74) is 8.29. The summed E-state index contributed by atoms with van der Waals surface area (Å²) >= 11 is 1.60. The van der Waals surface area contributed by atoms with Crippen LogP contribution in [0.1, 0.15) is 21.5 Å². The zero-order valence-corrected chi connectivity index (χ0v) is 12.7. The van der Waals surface area contributed by atoms with E-state index in [4.69, 9.17) is 5.73 Å². The fourth-order valence-electron chi connectivity index (χ4n) is 1.92. The number of halogens is 1. The summed E-state index contributed by atoms with van der Waals surface area (Å²) < 4.78 is 18.3. The molecule has 2 aromatic rings. The number of rotatable bonds is 4. The van der Waals surface area contributed by atoms with E-state index >= 15 is 0 Å². The number of nitrogen functional groups attached to an aromatic ring is 1. The van der Waals surface area contributed by atoms with Gasteiger partial charge in [0, 0.05) is 16.3 Å². The van der Waals surface area contributed by atoms with E-state index in [0.29, 0.717) is 5.75 Å². The van der Waals surface area contributed by atoms with Crippen LogP contribution in [0.15, 0.2) is 41.3 Å². The first kappa shape index (κ1) is 15.4. The Balaban J connectivity index is 2.10. The Kier molecular flexibility index (Phi) is 4.85. The number of methoxy groups -OCH3 is 1. The molecule has 21 heavy (non-hydrogen) atoms. The van der Waals surface area contributed by atoms with Crippen LogP contribution in [0, 0.1) is 12.7 Å². The van der Waals surface area contributed by atoms with Crippen molar-refractivity contribution in [2.24, 2.45) is 0 Å². The maximum absolute atomic E-state index is 13.8. The Hall–Kier alpha value is -2.01. The van der Waals surface area contributed by atoms with E-state index in [9.17, 15) is 9.18 Å². The SMILES string of the molecule is COC(=O)c1ccc(CSc2ccc(N)cc2C)cc1F. The normalized spacial score (nSPS) is 10.4. The molecule has 0 saturated heterocycles. The topological polar surface area (TPSA) is 52.3 Å². The van der Waals surface area contributed by atoms with Gasteiger partial charge in [-0.15, -0.1) is 11.8 Å². The molecule has 0 heterocycles. The van der Waals surface area contributed by atoms with Gasteiger partial charge < -0.3 is 10.5 Å². The van der Waals surface area contributed by atoms with E-state index in [2.05, 4.69) is 4.74 Å². The summed E-state index contributed by atoms with van der Waals surface area (Å²) in [7, 11) is 1.23. The lowest BCUT2D eigenvalue weighted by Crippen LogP contribution is -2.04. The number of thioether (sulfide) groups is 1. The molecule has 0 amide bonds. The van der Waals surface area contributed by atoms with Gasteiger partial charge in [-0.1, -0.05) is 6.07 Å². The molecule has 110 valence electrons. The molecule has 2 aromatic carbocycles. The highest BCUT2D eigenvalue weighted by Gasteiger charge is 2.12. The van der Waals surface area contributed by atoms with Crippen molar-refractivity contribution in [3.63, 3.8) is 0 Å². The fraction of sp³-hybridized carbons (Fsp3) is 0.188. The lowest BCUT2D eigenvalue weighted by atomic mass is 10.1. The molecule has 0 aromatic heterocycles. The van der Waals surface area contributed by atoms with Gasteiger partial charge in [-0.3, -0.25) is 0 Å². The molecule has 0 aliphatic carbocycles. The highest BCUT2D eigenvalue weighted by atomic mass is 32.2. The molecular formula is C16H16FNO2S. The van der Waals surface area contributed by atoms with Gasteiger partial charge in [0.05, 0.1) is 12.7 Å². The molecule has 2 rings (SSSR count). The Morgan fingerprint density at radius 3 is 2.67 bits per heavy atom. The van der Waals surface area contributed by atoms with Crippen LogP contribution in [0.3, 0.4) is 0 Å². The summed E-state index contributed by atoms with van der Waals surface area (Å²) in [4.78, 5) is 12.4. The lowest BCUT2D eigenvalue weighted by molar-refractivity contribution is 0.0595. The van der Waals surface area contributed by atoms with E-state index in [1.165, 1.54) is 19.2 Å². The number of benzene rings is 2. The molecule has 0 aliphatic heterocycles. The van der Waals surface area contributed by atoms with Gasteiger partial charge in [-0.25, -0.2) is 9.18 Å². The van der Waals surface area contributed by atoms with E-state index in [1.807, 2.05) is 25.1 Å². The molecule has 0 saturated carbocycles. The minimum atomic E-state index is -0.666. The van der Waals surface area contributed by atoms with Gasteiger partial charge >= 0.3 is 5.97 Å². The van der Waals surface area contributed by atoms with Crippen LogP contribution in [0.4, 0.5) is 10.1 Å². The number of nitrogens with two attached hydrogens (primary N) is 1. The number of ether oxygens (including phenoxy) is 1. The van der Waals surface area contributed by atoms with Crippen molar-refractivity contribution in [1.82, 2.24) is 0 Å². The summed E-state index contributed by atoms with van der Waals surface area (Å²) in [5.74, 6) is -0.613. The van der Waals surface area contributed by atoms with Crippen LogP contribution >= 0.6 is 11.8 Å². The minimum absolute atomic E-state index is 0.0464. The van der Waals surface area contributed by atoms with Gasteiger partial charge in [-0.2, -0.15) is 0 Å². The van der Waals surface area contributed by atoms with Crippen LogP contribution < -0.4 is 5.73 Å². The number of aryl methyl sites for hydroxylation is 1. The standard InChI is InChI=1S/C16H16FNO2S/c1-10-7-12(18)4-6-15(10)21-9-11-3-5-13(14(17)8-11)16(19)20-2/h3-8H,9,18H2,1-2H3. The zero-order chi connectivity index (χ0) is 15.4. The summed E-state index contributed by atoms with van der Waals surface area (Å²) in [6.07, 6.45) is 0. The first-order chi connectivity index (χ1) is 10.0. The smallest absolute Gasteiger partial charge is 0.340 e. The van der Waals surface area contributed by atoms with Crippen LogP contribution in [0.5, 0.6) is 0 Å². The third-order valence-electron chi connectivity index (χ3n) is 3.03. The van der Waals surface area contributed by atoms with Crippen molar-refractivity contribution < 1.29 is 13.9 Å². The molecule has 2 N–H and O–H groups in total. The number of esters is 1. The fourth-order valence-corrected chi connectivity index (χ4v) is 2.87. The van der Waals surface area contributed by atoms with Gasteiger partial charge in [0.2, 0.25) is 0 Å². The molecule has 5 heteroatoms. The molecule has 0 aliphatic rings. The average Bonchev–Trinajstić information content (AvgIpc) is 2.45. The highest BCUT2D eigenvalue weighted by molar-refractivity contribution is 7.98. The molecule has 3 nitrogen and oxygen atoms in total. The van der Waals surface area contributed by atoms with Gasteiger partial charge in [0.25, 0.3) is 0 Å². The maximum Gasteiger partial charge on any atom is 0.340 e. The Morgan fingerprint density at radius 1 is 1.29 bits per heavy atom. The quantitative estimate of drug-likeness (QED) is 0.530. The van der Waals surface area contributed by atoms with Crippen molar-refractivity contribution in [2.45, 2.75) is 17.6 Å². The number of hydrogen-bond acceptors (Lipinski definition) is 4. The van der Waals surface area contributed by atoms with Gasteiger partial charge in [0.15, 0.2) is 0 Å². The molecule has 0 radical (unpaired) electrons. The van der Waals surface area contributed by atoms with Crippen molar-refractivity contribution in [1.29, 1.82) is 0 Å². The predicted molar refractivity (Wildman–Crippen MR) is 82.9 cm³/mol. The zero-order valence-electron chi connectivity index (χ0n) is 11.9. The Morgan fingerprint density at radius 2 is 2.05 bits per heavy atom. The van der Waals surface area contributed by atoms with Crippen LogP contribution in [-0.2, 0) is 10.5 Å². The van der Waals surface area contributed by atoms with Gasteiger partial charge in [0.1, 0.15) is 5.82 Å². The molecule has 0 atom stereocenters. The van der Waals surface area contributed by atoms with Crippen molar-refractivity contribution in [2.75, 3.05) is 12.8 Å². The van der Waals surface area contributed by atoms with Crippen molar-refractivity contribution in [3.8, 4) is 0 Å². The summed E-state index contributed by atoms with van der Waals surface area (Å²) in [5, 5.41) is 0. The maximum atomic E-state index is 13.8. The van der Waals surface area contributed by atoms with Crippen LogP contribution in [0.25, 0.3) is 0 Å². The molecule has 0 spiro atoms. The molecule has 0 bridgehead atoms. The second-order valence-corrected chi connectivity index (χ2v) is 5.64. The first-order valence-electron chi connectivity index (χ1n) is 6.37. The Labute approximate surface area is 127 Å². The van der Waals surface area contributed by atoms with Gasteiger partial charge in [-0.05, 0) is 48.4 Å². The van der Waals surface area contributed by atoms with Crippen LogP contribution in [-0.4, -0.2) is 13.1 Å². The number of anilines is 1. The third kappa shape index (κ3) is 3.76. The van der Waals surface area contributed by atoms with Crippen molar-refractivity contribution in [3.05, 3.63) is 58.9 Å². The predicted octanol–water partition coefficient (Wildman–Crippen LogP) is 3.80. The second-order valence-electron chi connectivity index (χ2n) is 4.62. The van der Waals surface area contributed by atoms with E-state index in [0.717, 1.165) is 21.7 Å². The second kappa shape index (κ2) is 6.63. The van der Waals surface area contributed by atoms with E-state index in [1.54, 1.807) is 17.8 Å². The summed E-state index contributed by atoms with van der Waals surface area (Å²) in [6, 6.07) is 10.3. The molecular weight excluding hydrogens is 289 g/mol. The third-order valence-corrected chi connectivity index (χ3v) is 4.28.